The minimum atomic E-state index is 0. The summed E-state index contributed by atoms with van der Waals surface area (Å²) in [7, 11) is 0. The number of para-hydroxylation sites is 1. The zero-order valence-electron chi connectivity index (χ0n) is 17.0. The lowest BCUT2D eigenvalue weighted by Gasteiger charge is -2.20. The van der Waals surface area contributed by atoms with E-state index < -0.39 is 0 Å². The van der Waals surface area contributed by atoms with Crippen molar-refractivity contribution in [1.82, 2.24) is 25.4 Å². The zero-order valence-corrected chi connectivity index (χ0v) is 19.3. The SMILES string of the molecule is CCNC(=NCc1nncn1-c1ccccc1)NCC(CCO)CC(C)C.I. The number of guanidine groups is 1. The lowest BCUT2D eigenvalue weighted by molar-refractivity contribution is 0.243. The van der Waals surface area contributed by atoms with Gasteiger partial charge in [-0.15, -0.1) is 34.2 Å². The van der Waals surface area contributed by atoms with Gasteiger partial charge in [0, 0.05) is 25.4 Å². The second-order valence-electron chi connectivity index (χ2n) is 7.04. The van der Waals surface area contributed by atoms with Crippen LogP contribution in [0.5, 0.6) is 0 Å². The number of rotatable bonds is 10. The first-order chi connectivity index (χ1) is 13.1. The monoisotopic (exact) mass is 500 g/mol. The molecule has 0 fully saturated rings. The van der Waals surface area contributed by atoms with Crippen LogP contribution >= 0.6 is 24.0 Å². The Labute approximate surface area is 185 Å². The molecule has 0 amide bonds. The molecule has 1 aromatic carbocycles. The average Bonchev–Trinajstić information content (AvgIpc) is 3.13. The van der Waals surface area contributed by atoms with Crippen molar-refractivity contribution in [3.63, 3.8) is 0 Å². The molecule has 8 heteroatoms. The largest absolute Gasteiger partial charge is 0.396 e. The molecule has 0 aliphatic carbocycles. The number of halogens is 1. The lowest BCUT2D eigenvalue weighted by Crippen LogP contribution is -2.40. The Kier molecular flexibility index (Phi) is 11.7. The first-order valence-corrected chi connectivity index (χ1v) is 9.71. The first kappa shape index (κ1) is 24.4. The molecule has 156 valence electrons. The number of aliphatic hydroxyl groups is 1. The van der Waals surface area contributed by atoms with E-state index in [9.17, 15) is 5.11 Å². The minimum Gasteiger partial charge on any atom is -0.396 e. The van der Waals surface area contributed by atoms with Gasteiger partial charge >= 0.3 is 0 Å². The molecular weight excluding hydrogens is 467 g/mol. The molecule has 0 radical (unpaired) electrons. The van der Waals surface area contributed by atoms with Gasteiger partial charge in [0.2, 0.25) is 0 Å². The molecule has 0 saturated carbocycles. The minimum absolute atomic E-state index is 0. The highest BCUT2D eigenvalue weighted by Crippen LogP contribution is 2.14. The Balaban J connectivity index is 0.00000392. The van der Waals surface area contributed by atoms with E-state index in [4.69, 9.17) is 0 Å². The Bertz CT molecular complexity index is 689. The zero-order chi connectivity index (χ0) is 19.5. The summed E-state index contributed by atoms with van der Waals surface area (Å²) in [5, 5.41) is 24.2. The number of aliphatic imine (C=N–C) groups is 1. The molecule has 1 heterocycles. The van der Waals surface area contributed by atoms with Crippen LogP contribution in [-0.2, 0) is 6.54 Å². The molecule has 28 heavy (non-hydrogen) atoms. The van der Waals surface area contributed by atoms with Gasteiger partial charge in [-0.3, -0.25) is 4.57 Å². The van der Waals surface area contributed by atoms with Gasteiger partial charge in [-0.05, 0) is 43.7 Å². The van der Waals surface area contributed by atoms with Crippen LogP contribution in [0, 0.1) is 11.8 Å². The van der Waals surface area contributed by atoms with Crippen LogP contribution in [0.2, 0.25) is 0 Å². The summed E-state index contributed by atoms with van der Waals surface area (Å²) < 4.78 is 1.94. The molecule has 0 saturated heterocycles. The van der Waals surface area contributed by atoms with E-state index in [1.165, 1.54) is 0 Å². The van der Waals surface area contributed by atoms with Gasteiger partial charge in [0.05, 0.1) is 0 Å². The maximum Gasteiger partial charge on any atom is 0.191 e. The van der Waals surface area contributed by atoms with Crippen molar-refractivity contribution in [2.24, 2.45) is 16.8 Å². The Morgan fingerprint density at radius 3 is 2.61 bits per heavy atom. The first-order valence-electron chi connectivity index (χ1n) is 9.71. The van der Waals surface area contributed by atoms with Crippen molar-refractivity contribution >= 4 is 29.9 Å². The van der Waals surface area contributed by atoms with E-state index in [0.29, 0.717) is 18.4 Å². The predicted octanol–water partition coefficient (Wildman–Crippen LogP) is 2.99. The number of hydrogen-bond donors (Lipinski definition) is 3. The number of nitrogens with one attached hydrogen (secondary N) is 2. The number of aromatic nitrogens is 3. The van der Waals surface area contributed by atoms with Crippen molar-refractivity contribution in [2.75, 3.05) is 19.7 Å². The van der Waals surface area contributed by atoms with Gasteiger partial charge in [-0.2, -0.15) is 0 Å². The molecule has 2 aromatic rings. The van der Waals surface area contributed by atoms with Crippen molar-refractivity contribution in [3.8, 4) is 5.69 Å². The van der Waals surface area contributed by atoms with Crippen LogP contribution in [0.15, 0.2) is 41.7 Å². The number of aliphatic hydroxyl groups excluding tert-OH is 1. The van der Waals surface area contributed by atoms with E-state index >= 15 is 0 Å². The van der Waals surface area contributed by atoms with Crippen molar-refractivity contribution < 1.29 is 5.11 Å². The second-order valence-corrected chi connectivity index (χ2v) is 7.04. The van der Waals surface area contributed by atoms with Crippen LogP contribution in [-0.4, -0.2) is 45.5 Å². The summed E-state index contributed by atoms with van der Waals surface area (Å²) in [5.74, 6) is 2.57. The predicted molar refractivity (Wildman–Crippen MR) is 124 cm³/mol. The van der Waals surface area contributed by atoms with Gasteiger partial charge in [-0.25, -0.2) is 4.99 Å². The molecule has 1 atom stereocenters. The lowest BCUT2D eigenvalue weighted by atomic mass is 9.94. The van der Waals surface area contributed by atoms with Gasteiger partial charge in [-0.1, -0.05) is 32.0 Å². The highest BCUT2D eigenvalue weighted by molar-refractivity contribution is 14.0. The van der Waals surface area contributed by atoms with Crippen LogP contribution in [0.1, 0.15) is 39.4 Å². The second kappa shape index (κ2) is 13.5. The molecule has 0 aliphatic rings. The summed E-state index contributed by atoms with van der Waals surface area (Å²) in [5.41, 5.74) is 1.02. The van der Waals surface area contributed by atoms with Gasteiger partial charge < -0.3 is 15.7 Å². The maximum absolute atomic E-state index is 9.29. The quantitative estimate of drug-likeness (QED) is 0.265. The van der Waals surface area contributed by atoms with Gasteiger partial charge in [0.15, 0.2) is 11.8 Å². The Morgan fingerprint density at radius 2 is 1.96 bits per heavy atom. The van der Waals surface area contributed by atoms with E-state index in [1.54, 1.807) is 6.33 Å². The maximum atomic E-state index is 9.29. The Morgan fingerprint density at radius 1 is 1.21 bits per heavy atom. The molecule has 3 N–H and O–H groups in total. The van der Waals surface area contributed by atoms with Gasteiger partial charge in [0.25, 0.3) is 0 Å². The topological polar surface area (TPSA) is 87.4 Å². The van der Waals surface area contributed by atoms with E-state index in [-0.39, 0.29) is 30.6 Å². The fourth-order valence-corrected chi connectivity index (χ4v) is 3.06. The summed E-state index contributed by atoms with van der Waals surface area (Å²) >= 11 is 0. The molecular formula is C20H33IN6O. The Hall–Kier alpha value is -1.68. The number of nitrogens with zero attached hydrogens (tertiary/aromatic N) is 4. The highest BCUT2D eigenvalue weighted by Gasteiger charge is 2.12. The van der Waals surface area contributed by atoms with E-state index in [1.807, 2.05) is 41.8 Å². The van der Waals surface area contributed by atoms with Crippen LogP contribution < -0.4 is 10.6 Å². The molecule has 0 bridgehead atoms. The van der Waals surface area contributed by atoms with Crippen LogP contribution in [0.4, 0.5) is 0 Å². The third-order valence-electron chi connectivity index (χ3n) is 4.28. The smallest absolute Gasteiger partial charge is 0.191 e. The molecule has 1 unspecified atom stereocenters. The van der Waals surface area contributed by atoms with Crippen molar-refractivity contribution in [1.29, 1.82) is 0 Å². The molecule has 2 rings (SSSR count). The standard InChI is InChI=1S/C20H32N6O.HI/c1-4-21-20(22-13-17(10-11-27)12-16(2)3)23-14-19-25-24-15-26(19)18-8-6-5-7-9-18;/h5-9,15-17,27H,4,10-14H2,1-3H3,(H2,21,22,23);1H. The van der Waals surface area contributed by atoms with Crippen LogP contribution in [0.3, 0.4) is 0 Å². The normalized spacial score (nSPS) is 12.5. The van der Waals surface area contributed by atoms with E-state index in [0.717, 1.165) is 43.4 Å². The van der Waals surface area contributed by atoms with Crippen LogP contribution in [0.25, 0.3) is 5.69 Å². The van der Waals surface area contributed by atoms with Crippen molar-refractivity contribution in [3.05, 3.63) is 42.5 Å². The summed E-state index contributed by atoms with van der Waals surface area (Å²) in [6.45, 7) is 8.68. The van der Waals surface area contributed by atoms with Crippen molar-refractivity contribution in [2.45, 2.75) is 40.2 Å². The number of benzene rings is 1. The third kappa shape index (κ3) is 8.14. The molecule has 0 aliphatic heterocycles. The summed E-state index contributed by atoms with van der Waals surface area (Å²) in [6.07, 6.45) is 3.59. The fraction of sp³-hybridized carbons (Fsp3) is 0.550. The average molecular weight is 500 g/mol. The highest BCUT2D eigenvalue weighted by atomic mass is 127. The molecule has 1 aromatic heterocycles. The molecule has 7 nitrogen and oxygen atoms in total. The summed E-state index contributed by atoms with van der Waals surface area (Å²) in [4.78, 5) is 4.66. The van der Waals surface area contributed by atoms with E-state index in [2.05, 4.69) is 39.7 Å². The summed E-state index contributed by atoms with van der Waals surface area (Å²) in [6, 6.07) is 10.0. The third-order valence-corrected chi connectivity index (χ3v) is 4.28. The molecule has 0 spiro atoms. The fourth-order valence-electron chi connectivity index (χ4n) is 3.06. The van der Waals surface area contributed by atoms with Gasteiger partial charge in [0.1, 0.15) is 12.9 Å². The number of hydrogen-bond acceptors (Lipinski definition) is 4.